The van der Waals surface area contributed by atoms with Crippen molar-refractivity contribution in [1.82, 2.24) is 15.0 Å². The maximum absolute atomic E-state index is 12.7. The van der Waals surface area contributed by atoms with Crippen molar-refractivity contribution in [2.75, 3.05) is 17.7 Å². The Hall–Kier alpha value is -2.51. The Morgan fingerprint density at radius 2 is 2.05 bits per heavy atom. The Morgan fingerprint density at radius 3 is 2.86 bits per heavy atom. The molecule has 2 heterocycles. The van der Waals surface area contributed by atoms with Crippen molar-refractivity contribution in [3.63, 3.8) is 0 Å². The maximum Gasteiger partial charge on any atom is 0.297 e. The second-order valence-corrected chi connectivity index (χ2v) is 4.55. The van der Waals surface area contributed by atoms with Crippen LogP contribution >= 0.6 is 0 Å². The van der Waals surface area contributed by atoms with E-state index in [9.17, 15) is 8.78 Å². The number of para-hydroxylation sites is 1. The fourth-order valence-electron chi connectivity index (χ4n) is 2.22. The fraction of sp³-hybridized carbons (Fsp3) is 0.308. The third-order valence-corrected chi connectivity index (χ3v) is 3.13. The summed E-state index contributed by atoms with van der Waals surface area (Å²) in [6, 6.07) is 7.40. The SMILES string of the molecule is Nc1nc(N[C@@H]2CCOc3ccccc32)nc(C(F)F)n1. The summed E-state index contributed by atoms with van der Waals surface area (Å²) in [5.74, 6) is -0.0645. The van der Waals surface area contributed by atoms with E-state index in [1.807, 2.05) is 24.3 Å². The summed E-state index contributed by atoms with van der Waals surface area (Å²) in [4.78, 5) is 11.0. The molecule has 0 radical (unpaired) electrons. The molecule has 1 aromatic carbocycles. The fourth-order valence-corrected chi connectivity index (χ4v) is 2.22. The summed E-state index contributed by atoms with van der Waals surface area (Å²) in [7, 11) is 0. The molecule has 1 aliphatic rings. The first-order chi connectivity index (χ1) is 10.1. The van der Waals surface area contributed by atoms with Crippen LogP contribution in [0.2, 0.25) is 0 Å². The summed E-state index contributed by atoms with van der Waals surface area (Å²) >= 11 is 0. The number of aromatic nitrogens is 3. The Bertz CT molecular complexity index is 652. The van der Waals surface area contributed by atoms with Crippen LogP contribution in [-0.2, 0) is 0 Å². The Kier molecular flexibility index (Phi) is 3.51. The smallest absolute Gasteiger partial charge is 0.297 e. The highest BCUT2D eigenvalue weighted by Gasteiger charge is 2.22. The predicted molar refractivity (Wildman–Crippen MR) is 72.1 cm³/mol. The molecule has 1 aromatic heterocycles. The normalized spacial score (nSPS) is 17.2. The third kappa shape index (κ3) is 2.83. The van der Waals surface area contributed by atoms with Crippen LogP contribution in [-0.4, -0.2) is 21.6 Å². The zero-order chi connectivity index (χ0) is 14.8. The number of nitrogen functional groups attached to an aromatic ring is 1. The molecule has 110 valence electrons. The van der Waals surface area contributed by atoms with Gasteiger partial charge in [0.05, 0.1) is 12.6 Å². The molecule has 6 nitrogen and oxygen atoms in total. The molecule has 0 spiro atoms. The maximum atomic E-state index is 12.7. The van der Waals surface area contributed by atoms with Crippen LogP contribution in [0.5, 0.6) is 5.75 Å². The van der Waals surface area contributed by atoms with E-state index in [1.54, 1.807) is 0 Å². The molecular weight excluding hydrogens is 280 g/mol. The highest BCUT2D eigenvalue weighted by molar-refractivity contribution is 5.43. The number of nitrogens with zero attached hydrogens (tertiary/aromatic N) is 3. The molecule has 1 aliphatic heterocycles. The number of nitrogens with two attached hydrogens (primary N) is 1. The molecule has 0 bridgehead atoms. The minimum Gasteiger partial charge on any atom is -0.493 e. The molecule has 1 atom stereocenters. The van der Waals surface area contributed by atoms with Crippen LogP contribution in [0.1, 0.15) is 30.3 Å². The number of alkyl halides is 2. The average Bonchev–Trinajstić information content (AvgIpc) is 2.47. The van der Waals surface area contributed by atoms with Gasteiger partial charge in [0.2, 0.25) is 17.7 Å². The topological polar surface area (TPSA) is 86.0 Å². The van der Waals surface area contributed by atoms with E-state index in [0.29, 0.717) is 13.0 Å². The number of rotatable bonds is 3. The molecule has 0 amide bonds. The first kappa shape index (κ1) is 13.5. The van der Waals surface area contributed by atoms with Crippen LogP contribution in [0.15, 0.2) is 24.3 Å². The first-order valence-corrected chi connectivity index (χ1v) is 6.41. The van der Waals surface area contributed by atoms with Gasteiger partial charge in [0.25, 0.3) is 6.43 Å². The quantitative estimate of drug-likeness (QED) is 0.903. The van der Waals surface area contributed by atoms with E-state index < -0.39 is 12.2 Å². The lowest BCUT2D eigenvalue weighted by Gasteiger charge is -2.26. The first-order valence-electron chi connectivity index (χ1n) is 6.41. The number of ether oxygens (including phenoxy) is 1. The summed E-state index contributed by atoms with van der Waals surface area (Å²) in [6.45, 7) is 0.525. The zero-order valence-electron chi connectivity index (χ0n) is 11.0. The van der Waals surface area contributed by atoms with Gasteiger partial charge >= 0.3 is 0 Å². The largest absolute Gasteiger partial charge is 0.493 e. The van der Waals surface area contributed by atoms with Gasteiger partial charge in [-0.25, -0.2) is 8.78 Å². The minimum absolute atomic E-state index is 0.0412. The molecule has 0 unspecified atom stereocenters. The summed E-state index contributed by atoms with van der Waals surface area (Å²) in [5, 5.41) is 3.02. The lowest BCUT2D eigenvalue weighted by Crippen LogP contribution is -2.22. The van der Waals surface area contributed by atoms with Gasteiger partial charge in [-0.2, -0.15) is 15.0 Å². The highest BCUT2D eigenvalue weighted by Crippen LogP contribution is 2.33. The van der Waals surface area contributed by atoms with E-state index in [-0.39, 0.29) is 17.9 Å². The van der Waals surface area contributed by atoms with E-state index in [1.165, 1.54) is 0 Å². The van der Waals surface area contributed by atoms with Gasteiger partial charge in [-0.15, -0.1) is 0 Å². The van der Waals surface area contributed by atoms with Gasteiger partial charge in [0, 0.05) is 12.0 Å². The van der Waals surface area contributed by atoms with Gasteiger partial charge in [-0.05, 0) is 6.07 Å². The third-order valence-electron chi connectivity index (χ3n) is 3.13. The van der Waals surface area contributed by atoms with E-state index >= 15 is 0 Å². The zero-order valence-corrected chi connectivity index (χ0v) is 11.0. The number of fused-ring (bicyclic) bond motifs is 1. The Morgan fingerprint density at radius 1 is 1.24 bits per heavy atom. The summed E-state index contributed by atoms with van der Waals surface area (Å²) < 4.78 is 30.9. The van der Waals surface area contributed by atoms with Crippen molar-refractivity contribution in [3.05, 3.63) is 35.7 Å². The van der Waals surface area contributed by atoms with Crippen molar-refractivity contribution in [3.8, 4) is 5.75 Å². The van der Waals surface area contributed by atoms with E-state index in [2.05, 4.69) is 20.3 Å². The molecule has 21 heavy (non-hydrogen) atoms. The van der Waals surface area contributed by atoms with Crippen LogP contribution in [0.25, 0.3) is 0 Å². The standard InChI is InChI=1S/C13H13F2N5O/c14-10(15)11-18-12(16)20-13(19-11)17-8-5-6-21-9-4-2-1-3-7(8)9/h1-4,8,10H,5-6H2,(H3,16,17,18,19,20)/t8-/m1/s1. The minimum atomic E-state index is -2.79. The van der Waals surface area contributed by atoms with Crippen LogP contribution in [0.4, 0.5) is 20.7 Å². The van der Waals surface area contributed by atoms with Gasteiger partial charge in [-0.3, -0.25) is 0 Å². The molecular formula is C13H13F2N5O. The number of halogens is 2. The van der Waals surface area contributed by atoms with E-state index in [4.69, 9.17) is 10.5 Å². The van der Waals surface area contributed by atoms with E-state index in [0.717, 1.165) is 11.3 Å². The van der Waals surface area contributed by atoms with Gasteiger partial charge in [0.1, 0.15) is 5.75 Å². The van der Waals surface area contributed by atoms with Crippen LogP contribution < -0.4 is 15.8 Å². The number of hydrogen-bond donors (Lipinski definition) is 2. The van der Waals surface area contributed by atoms with Crippen molar-refractivity contribution < 1.29 is 13.5 Å². The number of benzene rings is 1. The Balaban J connectivity index is 1.88. The number of anilines is 2. The van der Waals surface area contributed by atoms with Gasteiger partial charge < -0.3 is 15.8 Å². The lowest BCUT2D eigenvalue weighted by molar-refractivity contribution is 0.140. The van der Waals surface area contributed by atoms with Crippen molar-refractivity contribution >= 4 is 11.9 Å². The lowest BCUT2D eigenvalue weighted by atomic mass is 10.0. The molecule has 3 N–H and O–H groups in total. The summed E-state index contributed by atoms with van der Waals surface area (Å²) in [5.41, 5.74) is 6.37. The number of nitrogens with one attached hydrogen (secondary N) is 1. The molecule has 3 rings (SSSR count). The second-order valence-electron chi connectivity index (χ2n) is 4.55. The van der Waals surface area contributed by atoms with Crippen molar-refractivity contribution in [1.29, 1.82) is 0 Å². The molecule has 8 heteroatoms. The van der Waals surface area contributed by atoms with Gasteiger partial charge in [-0.1, -0.05) is 18.2 Å². The van der Waals surface area contributed by atoms with Crippen LogP contribution in [0.3, 0.4) is 0 Å². The Labute approximate surface area is 119 Å². The number of hydrogen-bond acceptors (Lipinski definition) is 6. The monoisotopic (exact) mass is 293 g/mol. The molecule has 0 aliphatic carbocycles. The molecule has 0 saturated heterocycles. The van der Waals surface area contributed by atoms with Crippen molar-refractivity contribution in [2.24, 2.45) is 0 Å². The van der Waals surface area contributed by atoms with Gasteiger partial charge in [0.15, 0.2) is 0 Å². The molecule has 0 saturated carbocycles. The average molecular weight is 293 g/mol. The predicted octanol–water partition coefficient (Wildman–Crippen LogP) is 2.33. The van der Waals surface area contributed by atoms with Crippen molar-refractivity contribution in [2.45, 2.75) is 18.9 Å². The van der Waals surface area contributed by atoms with Crippen LogP contribution in [0, 0.1) is 0 Å². The highest BCUT2D eigenvalue weighted by atomic mass is 19.3. The molecule has 2 aromatic rings. The second kappa shape index (κ2) is 5.47. The summed E-state index contributed by atoms with van der Waals surface area (Å²) in [6.07, 6.45) is -2.12. The molecule has 0 fully saturated rings.